The van der Waals surface area contributed by atoms with Crippen molar-refractivity contribution < 1.29 is 37.0 Å². The second kappa shape index (κ2) is 11.5. The molecule has 0 saturated carbocycles. The summed E-state index contributed by atoms with van der Waals surface area (Å²) in [5.41, 5.74) is -0.145. The predicted octanol–water partition coefficient (Wildman–Crippen LogP) is 1.61. The molecule has 2 aliphatic rings. The molecular formula is C21H30F4N4O4. The Morgan fingerprint density at radius 1 is 1.12 bits per heavy atom. The van der Waals surface area contributed by atoms with Gasteiger partial charge in [-0.1, -0.05) is 0 Å². The van der Waals surface area contributed by atoms with Gasteiger partial charge in [-0.15, -0.1) is 0 Å². The van der Waals surface area contributed by atoms with Gasteiger partial charge in [0.25, 0.3) is 0 Å². The number of rotatable bonds is 4. The van der Waals surface area contributed by atoms with Gasteiger partial charge in [0, 0.05) is 58.0 Å². The first-order chi connectivity index (χ1) is 15.4. The molecule has 1 aromatic rings. The summed E-state index contributed by atoms with van der Waals surface area (Å²) >= 11 is 0. The van der Waals surface area contributed by atoms with Crippen molar-refractivity contribution in [3.05, 3.63) is 24.3 Å². The van der Waals surface area contributed by atoms with Crippen LogP contribution in [0.2, 0.25) is 0 Å². The summed E-state index contributed by atoms with van der Waals surface area (Å²) in [7, 11) is 1.66. The van der Waals surface area contributed by atoms with E-state index in [9.17, 15) is 22.4 Å². The van der Waals surface area contributed by atoms with Crippen molar-refractivity contribution >= 4 is 17.6 Å². The highest BCUT2D eigenvalue weighted by Gasteiger charge is 2.38. The van der Waals surface area contributed by atoms with Gasteiger partial charge < -0.3 is 25.0 Å². The number of carbonyl (C=O) groups excluding carboxylic acids is 1. The molecular weight excluding hydrogens is 448 g/mol. The zero-order valence-electron chi connectivity index (χ0n) is 18.7. The van der Waals surface area contributed by atoms with E-state index < -0.39 is 17.8 Å². The molecule has 2 heterocycles. The zero-order valence-corrected chi connectivity index (χ0v) is 18.7. The van der Waals surface area contributed by atoms with Crippen molar-refractivity contribution in [2.45, 2.75) is 18.8 Å². The fourth-order valence-corrected chi connectivity index (χ4v) is 3.62. The van der Waals surface area contributed by atoms with Crippen LogP contribution in [0.4, 0.5) is 23.2 Å². The quantitative estimate of drug-likeness (QED) is 0.636. The van der Waals surface area contributed by atoms with E-state index in [2.05, 4.69) is 10.2 Å². The number of ether oxygens (including phenoxy) is 1. The van der Waals surface area contributed by atoms with Crippen LogP contribution in [0.25, 0.3) is 0 Å². The number of carboxylic acid groups (broad SMARTS) is 1. The van der Waals surface area contributed by atoms with Gasteiger partial charge in [-0.25, -0.2) is 9.18 Å². The van der Waals surface area contributed by atoms with E-state index in [1.165, 1.54) is 0 Å². The Balaban J connectivity index is 0.000000479. The maximum absolute atomic E-state index is 14.3. The number of amides is 1. The number of nitrogens with zero attached hydrogens (tertiary/aromatic N) is 3. The van der Waals surface area contributed by atoms with E-state index in [-0.39, 0.29) is 5.91 Å². The van der Waals surface area contributed by atoms with Crippen molar-refractivity contribution in [2.75, 3.05) is 70.9 Å². The molecule has 2 saturated heterocycles. The van der Waals surface area contributed by atoms with Crippen molar-refractivity contribution in [1.29, 1.82) is 0 Å². The van der Waals surface area contributed by atoms with Crippen molar-refractivity contribution in [3.63, 3.8) is 0 Å². The van der Waals surface area contributed by atoms with E-state index in [0.717, 1.165) is 31.1 Å². The number of hydrogen-bond donors (Lipinski definition) is 2. The fraction of sp³-hybridized carbons (Fsp3) is 0.619. The first-order valence-electron chi connectivity index (χ1n) is 10.5. The Hall–Kier alpha value is -2.60. The number of nitrogens with one attached hydrogen (secondary N) is 1. The molecule has 0 aliphatic carbocycles. The van der Waals surface area contributed by atoms with Crippen LogP contribution >= 0.6 is 0 Å². The average molecular weight is 478 g/mol. The van der Waals surface area contributed by atoms with Gasteiger partial charge in [-0.3, -0.25) is 9.69 Å². The van der Waals surface area contributed by atoms with Crippen LogP contribution < -0.4 is 15.0 Å². The number of carboxylic acids is 1. The van der Waals surface area contributed by atoms with Crippen molar-refractivity contribution in [1.82, 2.24) is 15.1 Å². The molecule has 33 heavy (non-hydrogen) atoms. The van der Waals surface area contributed by atoms with Crippen molar-refractivity contribution in [2.24, 2.45) is 0 Å². The molecule has 8 nitrogen and oxygen atoms in total. The maximum Gasteiger partial charge on any atom is 0.490 e. The summed E-state index contributed by atoms with van der Waals surface area (Å²) in [4.78, 5) is 27.6. The highest BCUT2D eigenvalue weighted by molar-refractivity contribution is 5.78. The van der Waals surface area contributed by atoms with Gasteiger partial charge in [0.1, 0.15) is 11.4 Å². The minimum atomic E-state index is -5.08. The molecule has 2 aliphatic heterocycles. The summed E-state index contributed by atoms with van der Waals surface area (Å²) < 4.78 is 51.3. The second-order valence-electron chi connectivity index (χ2n) is 8.17. The van der Waals surface area contributed by atoms with E-state index in [1.54, 1.807) is 14.0 Å². The lowest BCUT2D eigenvalue weighted by atomic mass is 10.1. The zero-order chi connectivity index (χ0) is 24.6. The molecule has 2 fully saturated rings. The van der Waals surface area contributed by atoms with Gasteiger partial charge in [0.05, 0.1) is 13.7 Å². The number of methoxy groups -OCH3 is 1. The molecule has 3 rings (SSSR count). The smallest absolute Gasteiger partial charge is 0.490 e. The van der Waals surface area contributed by atoms with Crippen LogP contribution in [0, 0.1) is 0 Å². The standard InChI is InChI=1S/C19H29FN4O2.C2HF3O2/c1-19(20)14-21-7-8-22(15-19)13-18(25)24-11-9-23(10-12-24)16-3-5-17(26-2)6-4-16;3-2(4,5)1(6)7/h3-6,21H,7-15H2,1-2H3;(H,6,7). The van der Waals surface area contributed by atoms with Crippen LogP contribution in [0.3, 0.4) is 0 Å². The molecule has 0 bridgehead atoms. The first-order valence-corrected chi connectivity index (χ1v) is 10.5. The summed E-state index contributed by atoms with van der Waals surface area (Å²) in [6.45, 7) is 6.97. The summed E-state index contributed by atoms with van der Waals surface area (Å²) in [5.74, 6) is -1.82. The molecule has 1 amide bonds. The summed E-state index contributed by atoms with van der Waals surface area (Å²) in [6, 6.07) is 7.99. The molecule has 1 atom stereocenters. The Kier molecular flexibility index (Phi) is 9.29. The Morgan fingerprint density at radius 2 is 1.70 bits per heavy atom. The van der Waals surface area contributed by atoms with Crippen LogP contribution in [-0.2, 0) is 9.59 Å². The number of hydrogen-bond acceptors (Lipinski definition) is 6. The van der Waals surface area contributed by atoms with Crippen LogP contribution in [0.15, 0.2) is 24.3 Å². The average Bonchev–Trinajstić information content (AvgIpc) is 2.93. The van der Waals surface area contributed by atoms with Gasteiger partial charge in [-0.05, 0) is 31.2 Å². The molecule has 1 aromatic carbocycles. The number of benzene rings is 1. The topological polar surface area (TPSA) is 85.4 Å². The summed E-state index contributed by atoms with van der Waals surface area (Å²) in [6.07, 6.45) is -5.08. The summed E-state index contributed by atoms with van der Waals surface area (Å²) in [5, 5.41) is 10.2. The molecule has 1 unspecified atom stereocenters. The molecule has 0 spiro atoms. The van der Waals surface area contributed by atoms with Gasteiger partial charge >= 0.3 is 12.1 Å². The fourth-order valence-electron chi connectivity index (χ4n) is 3.62. The number of halogens is 4. The maximum atomic E-state index is 14.3. The lowest BCUT2D eigenvalue weighted by Gasteiger charge is -2.37. The van der Waals surface area contributed by atoms with Gasteiger partial charge in [0.15, 0.2) is 0 Å². The van der Waals surface area contributed by atoms with Crippen LogP contribution in [-0.4, -0.2) is 105 Å². The predicted molar refractivity (Wildman–Crippen MR) is 114 cm³/mol. The van der Waals surface area contributed by atoms with Crippen LogP contribution in [0.1, 0.15) is 6.92 Å². The minimum absolute atomic E-state index is 0.0945. The lowest BCUT2D eigenvalue weighted by molar-refractivity contribution is -0.192. The number of aliphatic carboxylic acids is 1. The molecule has 0 aromatic heterocycles. The largest absolute Gasteiger partial charge is 0.497 e. The van der Waals surface area contributed by atoms with Crippen LogP contribution in [0.5, 0.6) is 5.75 Å². The number of piperazine rings is 1. The third-order valence-electron chi connectivity index (χ3n) is 5.32. The number of carbonyl (C=O) groups is 2. The Bertz CT molecular complexity index is 781. The normalized spacial score (nSPS) is 22.1. The van der Waals surface area contributed by atoms with E-state index in [4.69, 9.17) is 14.6 Å². The monoisotopic (exact) mass is 478 g/mol. The van der Waals surface area contributed by atoms with E-state index >= 15 is 0 Å². The highest BCUT2D eigenvalue weighted by atomic mass is 19.4. The van der Waals surface area contributed by atoms with Crippen molar-refractivity contribution in [3.8, 4) is 5.75 Å². The Morgan fingerprint density at radius 3 is 2.21 bits per heavy atom. The Labute approximate surface area is 190 Å². The SMILES string of the molecule is COc1ccc(N2CCN(C(=O)CN3CCNCC(C)(F)C3)CC2)cc1.O=C(O)C(F)(F)F. The minimum Gasteiger partial charge on any atom is -0.497 e. The first kappa shape index (κ1) is 26.7. The lowest BCUT2D eigenvalue weighted by Crippen LogP contribution is -2.52. The molecule has 186 valence electrons. The second-order valence-corrected chi connectivity index (χ2v) is 8.17. The third-order valence-corrected chi connectivity index (χ3v) is 5.32. The molecule has 0 radical (unpaired) electrons. The number of alkyl halides is 4. The molecule has 2 N–H and O–H groups in total. The third kappa shape index (κ3) is 8.69. The van der Waals surface area contributed by atoms with E-state index in [0.29, 0.717) is 39.3 Å². The van der Waals surface area contributed by atoms with Gasteiger partial charge in [-0.2, -0.15) is 13.2 Å². The van der Waals surface area contributed by atoms with Gasteiger partial charge in [0.2, 0.25) is 5.91 Å². The number of anilines is 1. The highest BCUT2D eigenvalue weighted by Crippen LogP contribution is 2.21. The molecule has 12 heteroatoms. The van der Waals surface area contributed by atoms with E-state index in [1.807, 2.05) is 34.1 Å².